The summed E-state index contributed by atoms with van der Waals surface area (Å²) in [6, 6.07) is 10.4. The highest BCUT2D eigenvalue weighted by Gasteiger charge is 2.41. The van der Waals surface area contributed by atoms with Crippen LogP contribution in [-0.2, 0) is 26.1 Å². The quantitative estimate of drug-likeness (QED) is 0.622. The molecule has 0 radical (unpaired) electrons. The summed E-state index contributed by atoms with van der Waals surface area (Å²) in [5.74, 6) is -2.26. The van der Waals surface area contributed by atoms with Crippen molar-refractivity contribution in [3.63, 3.8) is 0 Å². The van der Waals surface area contributed by atoms with E-state index in [1.165, 1.54) is 4.31 Å². The van der Waals surface area contributed by atoms with Gasteiger partial charge in [0.2, 0.25) is 10.0 Å². The standard InChI is InChI=1S/C24H28F2N2O4S/c1-15-7-10-22(17-5-3-2-4-6-17)33(30,31)28(15)13-18-11-21(26)19(12-20(18)25)23(24(27)29)32-14-16-8-9-16/h2-6,11-12,15-16,22-23H,7-10,13-14H2,1H3,(H2,27,29)/t15-,22+,23+/m0/s1. The van der Waals surface area contributed by atoms with Crippen molar-refractivity contribution >= 4 is 15.9 Å². The summed E-state index contributed by atoms with van der Waals surface area (Å²) in [6.45, 7) is 1.71. The third-order valence-corrected chi connectivity index (χ3v) is 8.79. The van der Waals surface area contributed by atoms with E-state index < -0.39 is 38.9 Å². The molecule has 178 valence electrons. The minimum absolute atomic E-state index is 0.106. The number of hydrogen-bond donors (Lipinski definition) is 1. The fraction of sp³-hybridized carbons (Fsp3) is 0.458. The van der Waals surface area contributed by atoms with Crippen LogP contribution in [-0.4, -0.2) is 31.3 Å². The number of hydrogen-bond acceptors (Lipinski definition) is 4. The number of carbonyl (C=O) groups excluding carboxylic acids is 1. The molecular weight excluding hydrogens is 450 g/mol. The normalized spacial score (nSPS) is 23.8. The number of carbonyl (C=O) groups is 1. The van der Waals surface area contributed by atoms with Crippen LogP contribution in [0.5, 0.6) is 0 Å². The zero-order chi connectivity index (χ0) is 23.8. The van der Waals surface area contributed by atoms with Gasteiger partial charge in [-0.3, -0.25) is 4.79 Å². The Morgan fingerprint density at radius 2 is 1.82 bits per heavy atom. The van der Waals surface area contributed by atoms with Crippen molar-refractivity contribution in [2.75, 3.05) is 6.61 Å². The van der Waals surface area contributed by atoms with E-state index in [1.54, 1.807) is 31.2 Å². The number of nitrogens with zero attached hydrogens (tertiary/aromatic N) is 1. The molecule has 0 bridgehead atoms. The predicted molar refractivity (Wildman–Crippen MR) is 119 cm³/mol. The van der Waals surface area contributed by atoms with Crippen LogP contribution in [0.3, 0.4) is 0 Å². The number of rotatable bonds is 8. The maximum Gasteiger partial charge on any atom is 0.251 e. The number of primary amides is 1. The highest BCUT2D eigenvalue weighted by atomic mass is 32.2. The molecule has 2 fully saturated rings. The topological polar surface area (TPSA) is 89.7 Å². The highest BCUT2D eigenvalue weighted by Crippen LogP contribution is 2.38. The van der Waals surface area contributed by atoms with E-state index in [0.29, 0.717) is 24.3 Å². The van der Waals surface area contributed by atoms with E-state index in [2.05, 4.69) is 0 Å². The molecule has 4 rings (SSSR count). The van der Waals surface area contributed by atoms with E-state index in [0.717, 1.165) is 25.0 Å². The molecule has 9 heteroatoms. The summed E-state index contributed by atoms with van der Waals surface area (Å²) in [7, 11) is -3.80. The summed E-state index contributed by atoms with van der Waals surface area (Å²) >= 11 is 0. The number of nitrogens with two attached hydrogens (primary N) is 1. The monoisotopic (exact) mass is 478 g/mol. The average Bonchev–Trinajstić information content (AvgIpc) is 3.59. The van der Waals surface area contributed by atoms with Crippen LogP contribution in [0.4, 0.5) is 8.78 Å². The highest BCUT2D eigenvalue weighted by molar-refractivity contribution is 7.89. The fourth-order valence-corrected chi connectivity index (χ4v) is 6.48. The van der Waals surface area contributed by atoms with Crippen LogP contribution in [0.15, 0.2) is 42.5 Å². The molecule has 1 saturated carbocycles. The molecule has 33 heavy (non-hydrogen) atoms. The van der Waals surface area contributed by atoms with Crippen LogP contribution >= 0.6 is 0 Å². The molecule has 0 aromatic heterocycles. The Bertz CT molecular complexity index is 1120. The zero-order valence-corrected chi connectivity index (χ0v) is 19.2. The number of amides is 1. The zero-order valence-electron chi connectivity index (χ0n) is 18.4. The van der Waals surface area contributed by atoms with Gasteiger partial charge in [0, 0.05) is 23.7 Å². The number of halogens is 2. The second-order valence-corrected chi connectivity index (χ2v) is 11.0. The fourth-order valence-electron chi connectivity index (χ4n) is 4.29. The molecule has 1 amide bonds. The van der Waals surface area contributed by atoms with E-state index in [4.69, 9.17) is 10.5 Å². The summed E-state index contributed by atoms with van der Waals surface area (Å²) < 4.78 is 63.4. The van der Waals surface area contributed by atoms with Gasteiger partial charge in [-0.25, -0.2) is 17.2 Å². The molecule has 6 nitrogen and oxygen atoms in total. The molecule has 1 heterocycles. The van der Waals surface area contributed by atoms with Gasteiger partial charge in [0.1, 0.15) is 16.9 Å². The summed E-state index contributed by atoms with van der Waals surface area (Å²) in [5, 5.41) is -0.739. The Hall–Kier alpha value is -2.36. The lowest BCUT2D eigenvalue weighted by Gasteiger charge is -2.37. The Balaban J connectivity index is 1.59. The van der Waals surface area contributed by atoms with Crippen LogP contribution in [0.25, 0.3) is 0 Å². The van der Waals surface area contributed by atoms with Gasteiger partial charge in [0.05, 0.1) is 6.61 Å². The van der Waals surface area contributed by atoms with Crippen LogP contribution in [0.2, 0.25) is 0 Å². The molecule has 0 unspecified atom stereocenters. The third kappa shape index (κ3) is 5.10. The Morgan fingerprint density at radius 3 is 2.45 bits per heavy atom. The van der Waals surface area contributed by atoms with Gasteiger partial charge in [-0.2, -0.15) is 4.31 Å². The van der Waals surface area contributed by atoms with Gasteiger partial charge in [0.25, 0.3) is 5.91 Å². The first kappa shape index (κ1) is 23.8. The molecule has 2 aromatic rings. The largest absolute Gasteiger partial charge is 0.367 e. The predicted octanol–water partition coefficient (Wildman–Crippen LogP) is 3.97. The number of benzene rings is 2. The first-order valence-corrected chi connectivity index (χ1v) is 12.6. The van der Waals surface area contributed by atoms with Crippen LogP contribution < -0.4 is 5.73 Å². The van der Waals surface area contributed by atoms with Crippen LogP contribution in [0.1, 0.15) is 60.7 Å². The molecule has 3 atom stereocenters. The van der Waals surface area contributed by atoms with Gasteiger partial charge in [-0.1, -0.05) is 30.3 Å². The molecule has 2 aromatic carbocycles. The number of ether oxygens (including phenoxy) is 1. The molecule has 1 saturated heterocycles. The summed E-state index contributed by atoms with van der Waals surface area (Å²) in [4.78, 5) is 11.8. The van der Waals surface area contributed by atoms with Gasteiger partial charge in [-0.05, 0) is 56.2 Å². The lowest BCUT2D eigenvalue weighted by molar-refractivity contribution is -0.130. The molecule has 2 aliphatic rings. The molecular formula is C24H28F2N2O4S. The molecule has 2 N–H and O–H groups in total. The second-order valence-electron chi connectivity index (χ2n) is 8.94. The lowest BCUT2D eigenvalue weighted by atomic mass is 10.0. The lowest BCUT2D eigenvalue weighted by Crippen LogP contribution is -2.44. The van der Waals surface area contributed by atoms with E-state index in [9.17, 15) is 17.6 Å². The summed E-state index contributed by atoms with van der Waals surface area (Å²) in [6.07, 6.45) is 1.59. The Labute approximate surface area is 192 Å². The maximum atomic E-state index is 15.0. The Kier molecular flexibility index (Phi) is 6.83. The van der Waals surface area contributed by atoms with Crippen LogP contribution in [0, 0.1) is 17.6 Å². The van der Waals surface area contributed by atoms with Gasteiger partial charge in [0.15, 0.2) is 6.10 Å². The minimum atomic E-state index is -3.80. The van der Waals surface area contributed by atoms with Crippen molar-refractivity contribution in [1.29, 1.82) is 0 Å². The second kappa shape index (κ2) is 9.48. The molecule has 0 spiro atoms. The smallest absolute Gasteiger partial charge is 0.251 e. The van der Waals surface area contributed by atoms with Crippen molar-refractivity contribution in [2.24, 2.45) is 11.7 Å². The van der Waals surface area contributed by atoms with Crippen molar-refractivity contribution in [3.05, 3.63) is 70.8 Å². The average molecular weight is 479 g/mol. The molecule has 1 aliphatic carbocycles. The first-order chi connectivity index (χ1) is 15.7. The SMILES string of the molecule is C[C@H]1CC[C@H](c2ccccc2)S(=O)(=O)N1Cc1cc(F)c([C@@H](OCC2CC2)C(N)=O)cc1F. The van der Waals surface area contributed by atoms with E-state index in [1.807, 2.05) is 6.07 Å². The van der Waals surface area contributed by atoms with Crippen molar-refractivity contribution in [2.45, 2.75) is 56.5 Å². The van der Waals surface area contributed by atoms with Crippen molar-refractivity contribution in [3.8, 4) is 0 Å². The van der Waals surface area contributed by atoms with Crippen molar-refractivity contribution < 1.29 is 26.7 Å². The third-order valence-electron chi connectivity index (χ3n) is 6.42. The first-order valence-electron chi connectivity index (χ1n) is 11.1. The van der Waals surface area contributed by atoms with Gasteiger partial charge < -0.3 is 10.5 Å². The summed E-state index contributed by atoms with van der Waals surface area (Å²) in [5.41, 5.74) is 5.66. The van der Waals surface area contributed by atoms with Crippen molar-refractivity contribution in [1.82, 2.24) is 4.31 Å². The minimum Gasteiger partial charge on any atom is -0.367 e. The van der Waals surface area contributed by atoms with E-state index >= 15 is 4.39 Å². The van der Waals surface area contributed by atoms with Gasteiger partial charge in [-0.15, -0.1) is 0 Å². The maximum absolute atomic E-state index is 15.0. The molecule has 1 aliphatic heterocycles. The Morgan fingerprint density at radius 1 is 1.12 bits per heavy atom. The van der Waals surface area contributed by atoms with Gasteiger partial charge >= 0.3 is 0 Å². The number of sulfonamides is 1. The van der Waals surface area contributed by atoms with E-state index in [-0.39, 0.29) is 30.3 Å².